The summed E-state index contributed by atoms with van der Waals surface area (Å²) < 4.78 is 0. The zero-order valence-corrected chi connectivity index (χ0v) is 12.6. The molecule has 0 radical (unpaired) electrons. The topological polar surface area (TPSA) is 45.1 Å². The van der Waals surface area contributed by atoms with Gasteiger partial charge in [-0.05, 0) is 37.2 Å². The summed E-state index contributed by atoms with van der Waals surface area (Å²) in [6.07, 6.45) is -0.0951. The quantitative estimate of drug-likeness (QED) is 0.878. The lowest BCUT2D eigenvalue weighted by Crippen LogP contribution is -2.43. The van der Waals surface area contributed by atoms with E-state index in [1.807, 2.05) is 37.4 Å². The van der Waals surface area contributed by atoms with Crippen molar-refractivity contribution in [1.82, 2.24) is 4.90 Å². The van der Waals surface area contributed by atoms with Gasteiger partial charge in [-0.25, -0.2) is 0 Å². The first-order valence-corrected chi connectivity index (χ1v) is 7.50. The largest absolute Gasteiger partial charge is 0.508 e. The van der Waals surface area contributed by atoms with Crippen molar-refractivity contribution in [3.63, 3.8) is 0 Å². The minimum Gasteiger partial charge on any atom is -0.508 e. The monoisotopic (exact) mass is 294 g/mol. The molecule has 0 spiro atoms. The third kappa shape index (κ3) is 1.84. The second kappa shape index (κ2) is 4.85. The predicted molar refractivity (Wildman–Crippen MR) is 84.9 cm³/mol. The molecule has 0 unspecified atom stereocenters. The number of phenolic OH excluding ortho intramolecular Hbond substituents is 1. The molecule has 22 heavy (non-hydrogen) atoms. The predicted octanol–water partition coefficient (Wildman–Crippen LogP) is 3.24. The summed E-state index contributed by atoms with van der Waals surface area (Å²) in [6.45, 7) is 2.12. The van der Waals surface area contributed by atoms with E-state index < -0.39 is 0 Å². The van der Waals surface area contributed by atoms with Gasteiger partial charge in [-0.2, -0.15) is 0 Å². The molecule has 0 fully saturated rings. The van der Waals surface area contributed by atoms with E-state index >= 15 is 0 Å². The summed E-state index contributed by atoms with van der Waals surface area (Å²) in [5, 5.41) is 14.2. The maximum Gasteiger partial charge on any atom is 0.194 e. The number of nitrogens with zero attached hydrogens (tertiary/aromatic N) is 2. The molecule has 2 aliphatic rings. The van der Waals surface area contributed by atoms with Crippen LogP contribution in [0.3, 0.4) is 0 Å². The standard InChI is InChI=1S/C18H18N2O2/c1-11-15-10-13(21)8-9-14(15)16-17(12-6-4-3-5-7-12)19-22-18(16)20(11)2/h3-11,16,18,21H,1-2H3/t11-,16+,18-/m1/s1. The zero-order valence-electron chi connectivity index (χ0n) is 12.6. The molecule has 0 aromatic heterocycles. The van der Waals surface area contributed by atoms with Crippen LogP contribution in [0, 0.1) is 0 Å². The lowest BCUT2D eigenvalue weighted by Gasteiger charge is -2.39. The van der Waals surface area contributed by atoms with Crippen molar-refractivity contribution in [2.24, 2.45) is 5.16 Å². The Kier molecular flexibility index (Phi) is 2.94. The Morgan fingerprint density at radius 2 is 1.86 bits per heavy atom. The third-order valence-corrected chi connectivity index (χ3v) is 4.78. The Labute approximate surface area is 129 Å². The Balaban J connectivity index is 1.86. The molecule has 2 heterocycles. The van der Waals surface area contributed by atoms with Crippen LogP contribution >= 0.6 is 0 Å². The van der Waals surface area contributed by atoms with E-state index in [2.05, 4.69) is 29.1 Å². The summed E-state index contributed by atoms with van der Waals surface area (Å²) in [5.41, 5.74) is 4.36. The van der Waals surface area contributed by atoms with Crippen LogP contribution in [0.1, 0.15) is 35.6 Å². The highest BCUT2D eigenvalue weighted by atomic mass is 16.7. The Morgan fingerprint density at radius 1 is 1.09 bits per heavy atom. The molecule has 2 aromatic rings. The second-order valence-corrected chi connectivity index (χ2v) is 5.97. The maximum absolute atomic E-state index is 9.84. The van der Waals surface area contributed by atoms with E-state index in [1.54, 1.807) is 6.07 Å². The number of rotatable bonds is 1. The van der Waals surface area contributed by atoms with E-state index in [4.69, 9.17) is 4.84 Å². The van der Waals surface area contributed by atoms with Gasteiger partial charge in [-0.15, -0.1) is 0 Å². The highest BCUT2D eigenvalue weighted by molar-refractivity contribution is 6.06. The summed E-state index contributed by atoms with van der Waals surface area (Å²) in [7, 11) is 2.04. The average molecular weight is 294 g/mol. The van der Waals surface area contributed by atoms with Gasteiger partial charge >= 0.3 is 0 Å². The van der Waals surface area contributed by atoms with E-state index in [0.29, 0.717) is 5.75 Å². The lowest BCUT2D eigenvalue weighted by atomic mass is 9.80. The fourth-order valence-corrected chi connectivity index (χ4v) is 3.46. The molecular weight excluding hydrogens is 276 g/mol. The normalized spacial score (nSPS) is 26.8. The Bertz CT molecular complexity index is 742. The molecule has 4 rings (SSSR count). The van der Waals surface area contributed by atoms with Crippen LogP contribution in [0.4, 0.5) is 0 Å². The van der Waals surface area contributed by atoms with Gasteiger partial charge < -0.3 is 9.94 Å². The van der Waals surface area contributed by atoms with Crippen LogP contribution in [-0.4, -0.2) is 29.0 Å². The van der Waals surface area contributed by atoms with Crippen molar-refractivity contribution in [3.05, 3.63) is 65.2 Å². The molecule has 3 atom stereocenters. The summed E-state index contributed by atoms with van der Waals surface area (Å²) in [5.74, 6) is 0.369. The van der Waals surface area contributed by atoms with E-state index in [-0.39, 0.29) is 18.2 Å². The number of aromatic hydroxyl groups is 1. The van der Waals surface area contributed by atoms with Crippen LogP contribution in [0.5, 0.6) is 5.75 Å². The summed E-state index contributed by atoms with van der Waals surface area (Å²) in [4.78, 5) is 7.92. The maximum atomic E-state index is 9.84. The Hall–Kier alpha value is -2.33. The van der Waals surface area contributed by atoms with Crippen molar-refractivity contribution in [1.29, 1.82) is 0 Å². The van der Waals surface area contributed by atoms with Crippen molar-refractivity contribution in [3.8, 4) is 5.75 Å². The molecule has 0 bridgehead atoms. The summed E-state index contributed by atoms with van der Waals surface area (Å²) >= 11 is 0. The molecule has 0 aliphatic carbocycles. The van der Waals surface area contributed by atoms with Crippen molar-refractivity contribution in [2.45, 2.75) is 25.1 Å². The Morgan fingerprint density at radius 3 is 2.64 bits per heavy atom. The van der Waals surface area contributed by atoms with Gasteiger partial charge in [0.25, 0.3) is 0 Å². The molecule has 2 aromatic carbocycles. The van der Waals surface area contributed by atoms with E-state index in [0.717, 1.165) is 16.8 Å². The number of fused-ring (bicyclic) bond motifs is 3. The highest BCUT2D eigenvalue weighted by Crippen LogP contribution is 2.45. The van der Waals surface area contributed by atoms with Gasteiger partial charge in [0.15, 0.2) is 6.23 Å². The number of phenols is 1. The van der Waals surface area contributed by atoms with Gasteiger partial charge in [-0.1, -0.05) is 41.6 Å². The molecule has 0 saturated heterocycles. The van der Waals surface area contributed by atoms with Gasteiger partial charge in [-0.3, -0.25) is 4.90 Å². The first-order chi connectivity index (χ1) is 10.7. The van der Waals surface area contributed by atoms with Crippen LogP contribution < -0.4 is 0 Å². The second-order valence-electron chi connectivity index (χ2n) is 5.97. The smallest absolute Gasteiger partial charge is 0.194 e. The SMILES string of the molecule is C[C@@H]1c2cc(O)ccc2[C@H]2C(c3ccccc3)=NO[C@H]2N1C. The molecule has 112 valence electrons. The first kappa shape index (κ1) is 13.3. The van der Waals surface area contributed by atoms with Crippen molar-refractivity contribution < 1.29 is 9.94 Å². The van der Waals surface area contributed by atoms with Crippen molar-refractivity contribution in [2.75, 3.05) is 7.05 Å². The van der Waals surface area contributed by atoms with Gasteiger partial charge in [0, 0.05) is 11.6 Å². The van der Waals surface area contributed by atoms with E-state index in [1.165, 1.54) is 5.56 Å². The van der Waals surface area contributed by atoms with Crippen LogP contribution in [0.25, 0.3) is 0 Å². The summed E-state index contributed by atoms with van der Waals surface area (Å²) in [6, 6.07) is 15.9. The lowest BCUT2D eigenvalue weighted by molar-refractivity contribution is -0.0579. The average Bonchev–Trinajstić information content (AvgIpc) is 2.98. The molecule has 2 aliphatic heterocycles. The molecular formula is C18H18N2O2. The zero-order chi connectivity index (χ0) is 15.3. The highest BCUT2D eigenvalue weighted by Gasteiger charge is 2.45. The fourth-order valence-electron chi connectivity index (χ4n) is 3.46. The molecule has 4 nitrogen and oxygen atoms in total. The first-order valence-electron chi connectivity index (χ1n) is 7.50. The minimum atomic E-state index is -0.0951. The van der Waals surface area contributed by atoms with Gasteiger partial charge in [0.05, 0.1) is 11.6 Å². The molecule has 0 amide bonds. The van der Waals surface area contributed by atoms with Gasteiger partial charge in [0.1, 0.15) is 5.75 Å². The number of likely N-dealkylation sites (N-methyl/N-ethyl adjacent to an activating group) is 1. The molecule has 4 heteroatoms. The molecule has 1 N–H and O–H groups in total. The fraction of sp³-hybridized carbons (Fsp3) is 0.278. The minimum absolute atomic E-state index is 0.0687. The van der Waals surface area contributed by atoms with Crippen molar-refractivity contribution >= 4 is 5.71 Å². The number of hydrogen-bond donors (Lipinski definition) is 1. The number of benzene rings is 2. The van der Waals surface area contributed by atoms with E-state index in [9.17, 15) is 5.11 Å². The van der Waals surface area contributed by atoms with Crippen LogP contribution in [-0.2, 0) is 4.84 Å². The van der Waals surface area contributed by atoms with Crippen LogP contribution in [0.2, 0.25) is 0 Å². The molecule has 0 saturated carbocycles. The number of hydrogen-bond acceptors (Lipinski definition) is 4. The van der Waals surface area contributed by atoms with Gasteiger partial charge in [0.2, 0.25) is 0 Å². The number of oxime groups is 1. The van der Waals surface area contributed by atoms with Crippen LogP contribution in [0.15, 0.2) is 53.7 Å². The third-order valence-electron chi connectivity index (χ3n) is 4.78.